The lowest BCUT2D eigenvalue weighted by Crippen LogP contribution is -2.20. The number of aryl methyl sites for hydroxylation is 1. The van der Waals surface area contributed by atoms with Gasteiger partial charge < -0.3 is 10.6 Å². The first-order valence-electron chi connectivity index (χ1n) is 6.23. The number of thiocarbonyl (C=S) groups is 1. The van der Waals surface area contributed by atoms with E-state index in [4.69, 9.17) is 18.0 Å². The maximum absolute atomic E-state index is 5.77. The Morgan fingerprint density at radius 1 is 1.16 bits per heavy atom. The molecule has 0 bridgehead atoms. The first kappa shape index (κ1) is 13.6. The van der Waals surface area contributed by atoms with E-state index < -0.39 is 0 Å². The highest BCUT2D eigenvalue weighted by atomic mass is 32.1. The maximum Gasteiger partial charge on any atom is 0.104 e. The molecule has 0 radical (unpaired) electrons. The average molecular weight is 270 g/mol. The van der Waals surface area contributed by atoms with E-state index >= 15 is 0 Å². The van der Waals surface area contributed by atoms with Crippen molar-refractivity contribution < 1.29 is 0 Å². The topological polar surface area (TPSA) is 29.3 Å². The molecule has 98 valence electrons. The van der Waals surface area contributed by atoms with Crippen LogP contribution in [0.3, 0.4) is 0 Å². The maximum atomic E-state index is 5.77. The molecule has 0 fully saturated rings. The Morgan fingerprint density at radius 3 is 2.58 bits per heavy atom. The minimum atomic E-state index is 0.452. The van der Waals surface area contributed by atoms with Crippen LogP contribution in [-0.4, -0.2) is 12.0 Å². The van der Waals surface area contributed by atoms with E-state index in [2.05, 4.69) is 49.2 Å². The number of hydrogen-bond acceptors (Lipinski definition) is 2. The standard InChI is InChI=1S/C16H18N2S/c1-12-6-5-8-14(10-12)18(2)11-13-7-3-4-9-15(13)16(17)19/h3-10H,11H2,1-2H3,(H2,17,19). The Balaban J connectivity index is 2.24. The van der Waals surface area contributed by atoms with Crippen molar-refractivity contribution in [1.82, 2.24) is 0 Å². The van der Waals surface area contributed by atoms with E-state index in [-0.39, 0.29) is 0 Å². The van der Waals surface area contributed by atoms with Crippen molar-refractivity contribution in [3.63, 3.8) is 0 Å². The lowest BCUT2D eigenvalue weighted by molar-refractivity contribution is 0.920. The molecule has 3 heteroatoms. The number of nitrogens with zero attached hydrogens (tertiary/aromatic N) is 1. The van der Waals surface area contributed by atoms with Crippen molar-refractivity contribution in [3.8, 4) is 0 Å². The van der Waals surface area contributed by atoms with E-state index in [1.807, 2.05) is 18.2 Å². The van der Waals surface area contributed by atoms with E-state index in [0.717, 1.165) is 17.7 Å². The fraction of sp³-hybridized carbons (Fsp3) is 0.188. The highest BCUT2D eigenvalue weighted by molar-refractivity contribution is 7.80. The van der Waals surface area contributed by atoms with Crippen LogP contribution < -0.4 is 10.6 Å². The minimum Gasteiger partial charge on any atom is -0.389 e. The summed E-state index contributed by atoms with van der Waals surface area (Å²) in [6.07, 6.45) is 0. The van der Waals surface area contributed by atoms with Gasteiger partial charge in [0, 0.05) is 24.8 Å². The monoisotopic (exact) mass is 270 g/mol. The van der Waals surface area contributed by atoms with Gasteiger partial charge in [-0.25, -0.2) is 0 Å². The van der Waals surface area contributed by atoms with Crippen LogP contribution in [0.1, 0.15) is 16.7 Å². The van der Waals surface area contributed by atoms with Gasteiger partial charge >= 0.3 is 0 Å². The zero-order chi connectivity index (χ0) is 13.8. The molecular weight excluding hydrogens is 252 g/mol. The van der Waals surface area contributed by atoms with Gasteiger partial charge in [0.15, 0.2) is 0 Å². The van der Waals surface area contributed by atoms with Crippen LogP contribution in [0.4, 0.5) is 5.69 Å². The summed E-state index contributed by atoms with van der Waals surface area (Å²) >= 11 is 5.10. The second-order valence-electron chi connectivity index (χ2n) is 4.72. The van der Waals surface area contributed by atoms with Gasteiger partial charge in [0.05, 0.1) is 0 Å². The highest BCUT2D eigenvalue weighted by Crippen LogP contribution is 2.18. The largest absolute Gasteiger partial charge is 0.389 e. The molecule has 0 aromatic heterocycles. The molecule has 0 saturated carbocycles. The summed E-state index contributed by atoms with van der Waals surface area (Å²) in [5.41, 5.74) is 10.3. The lowest BCUT2D eigenvalue weighted by atomic mass is 10.1. The van der Waals surface area contributed by atoms with Crippen LogP contribution >= 0.6 is 12.2 Å². The van der Waals surface area contributed by atoms with Gasteiger partial charge in [-0.2, -0.15) is 0 Å². The Labute approximate surface area is 119 Å². The predicted octanol–water partition coefficient (Wildman–Crippen LogP) is 3.27. The van der Waals surface area contributed by atoms with Gasteiger partial charge in [-0.05, 0) is 30.2 Å². The summed E-state index contributed by atoms with van der Waals surface area (Å²) in [5.74, 6) is 0. The first-order chi connectivity index (χ1) is 9.08. The van der Waals surface area contributed by atoms with Gasteiger partial charge in [0.25, 0.3) is 0 Å². The molecule has 0 amide bonds. The number of rotatable bonds is 4. The van der Waals surface area contributed by atoms with Crippen LogP contribution in [0.15, 0.2) is 48.5 Å². The normalized spacial score (nSPS) is 10.2. The van der Waals surface area contributed by atoms with Crippen molar-refractivity contribution in [2.45, 2.75) is 13.5 Å². The van der Waals surface area contributed by atoms with Crippen molar-refractivity contribution in [2.24, 2.45) is 5.73 Å². The van der Waals surface area contributed by atoms with Crippen LogP contribution in [0.5, 0.6) is 0 Å². The summed E-state index contributed by atoms with van der Waals surface area (Å²) in [5, 5.41) is 0. The van der Waals surface area contributed by atoms with Gasteiger partial charge in [-0.1, -0.05) is 48.6 Å². The summed E-state index contributed by atoms with van der Waals surface area (Å²) in [7, 11) is 2.07. The molecule has 0 heterocycles. The highest BCUT2D eigenvalue weighted by Gasteiger charge is 2.07. The quantitative estimate of drug-likeness (QED) is 0.865. The van der Waals surface area contributed by atoms with Gasteiger partial charge in [-0.15, -0.1) is 0 Å². The zero-order valence-electron chi connectivity index (χ0n) is 11.3. The van der Waals surface area contributed by atoms with Crippen LogP contribution in [0.25, 0.3) is 0 Å². The average Bonchev–Trinajstić information content (AvgIpc) is 2.39. The zero-order valence-corrected chi connectivity index (χ0v) is 12.1. The number of benzene rings is 2. The van der Waals surface area contributed by atoms with Crippen LogP contribution in [0, 0.1) is 6.92 Å². The molecule has 0 saturated heterocycles. The lowest BCUT2D eigenvalue weighted by Gasteiger charge is -2.21. The molecule has 0 unspecified atom stereocenters. The van der Waals surface area contributed by atoms with Crippen LogP contribution in [-0.2, 0) is 6.54 Å². The third-order valence-electron chi connectivity index (χ3n) is 3.13. The van der Waals surface area contributed by atoms with E-state index in [1.165, 1.54) is 11.3 Å². The molecular formula is C16H18N2S. The molecule has 2 N–H and O–H groups in total. The van der Waals surface area contributed by atoms with Crippen molar-refractivity contribution in [2.75, 3.05) is 11.9 Å². The second kappa shape index (κ2) is 5.85. The summed E-state index contributed by atoms with van der Waals surface area (Å²) < 4.78 is 0. The van der Waals surface area contributed by atoms with Crippen LogP contribution in [0.2, 0.25) is 0 Å². The molecule has 0 aliphatic heterocycles. The molecule has 0 aliphatic rings. The third kappa shape index (κ3) is 3.32. The minimum absolute atomic E-state index is 0.452. The molecule has 0 aliphatic carbocycles. The Kier molecular flexibility index (Phi) is 4.17. The second-order valence-corrected chi connectivity index (χ2v) is 5.16. The third-order valence-corrected chi connectivity index (χ3v) is 3.35. The summed E-state index contributed by atoms with van der Waals surface area (Å²) in [6, 6.07) is 16.5. The molecule has 0 atom stereocenters. The summed E-state index contributed by atoms with van der Waals surface area (Å²) in [6.45, 7) is 2.89. The number of hydrogen-bond donors (Lipinski definition) is 1. The molecule has 0 spiro atoms. The molecule has 19 heavy (non-hydrogen) atoms. The molecule has 2 aromatic carbocycles. The smallest absolute Gasteiger partial charge is 0.104 e. The first-order valence-corrected chi connectivity index (χ1v) is 6.64. The Bertz CT molecular complexity index is 593. The molecule has 2 rings (SSSR count). The fourth-order valence-electron chi connectivity index (χ4n) is 2.11. The SMILES string of the molecule is Cc1cccc(N(C)Cc2ccccc2C(N)=S)c1. The van der Waals surface area contributed by atoms with E-state index in [0.29, 0.717) is 4.99 Å². The molecule has 2 nitrogen and oxygen atoms in total. The van der Waals surface area contributed by atoms with E-state index in [9.17, 15) is 0 Å². The fourth-order valence-corrected chi connectivity index (χ4v) is 2.31. The van der Waals surface area contributed by atoms with Crippen molar-refractivity contribution in [1.29, 1.82) is 0 Å². The number of nitrogens with two attached hydrogens (primary N) is 1. The van der Waals surface area contributed by atoms with Gasteiger partial charge in [-0.3, -0.25) is 0 Å². The van der Waals surface area contributed by atoms with Crippen molar-refractivity contribution in [3.05, 3.63) is 65.2 Å². The molecule has 2 aromatic rings. The van der Waals surface area contributed by atoms with E-state index in [1.54, 1.807) is 0 Å². The Hall–Kier alpha value is -1.87. The van der Waals surface area contributed by atoms with Gasteiger partial charge in [0.1, 0.15) is 4.99 Å². The Morgan fingerprint density at radius 2 is 1.89 bits per heavy atom. The predicted molar refractivity (Wildman–Crippen MR) is 85.6 cm³/mol. The number of anilines is 1. The van der Waals surface area contributed by atoms with Gasteiger partial charge in [0.2, 0.25) is 0 Å². The summed E-state index contributed by atoms with van der Waals surface area (Å²) in [4.78, 5) is 2.65. The van der Waals surface area contributed by atoms with Crippen molar-refractivity contribution >= 4 is 22.9 Å².